The standard InChI is InChI=1S/C51H99NO5/c1-3-5-7-9-11-13-15-17-19-20-21-22-23-24-25-26-27-28-29-31-33-35-37-39-41-43-45-49(55)51(57)52-47(46-53)50(56)48(54)44-42-40-38-36-34-32-30-18-16-14-12-10-8-6-4-2/h24-25,36,38,47-50,53-56H,3-23,26-35,37,39-46H2,1-2H3,(H,52,57)/b25-24-,38-36+. The van der Waals surface area contributed by atoms with E-state index in [4.69, 9.17) is 0 Å². The lowest BCUT2D eigenvalue weighted by Gasteiger charge is -2.27. The zero-order valence-corrected chi connectivity index (χ0v) is 38.1. The molecule has 1 amide bonds. The molecule has 338 valence electrons. The van der Waals surface area contributed by atoms with E-state index >= 15 is 0 Å². The first-order valence-corrected chi connectivity index (χ1v) is 25.2. The Morgan fingerprint density at radius 3 is 1.05 bits per heavy atom. The van der Waals surface area contributed by atoms with Crippen molar-refractivity contribution < 1.29 is 25.2 Å². The highest BCUT2D eigenvalue weighted by Gasteiger charge is 2.28. The minimum absolute atomic E-state index is 0.363. The number of unbranched alkanes of at least 4 members (excludes halogenated alkanes) is 33. The summed E-state index contributed by atoms with van der Waals surface area (Å²) in [5.41, 5.74) is 0. The predicted molar refractivity (Wildman–Crippen MR) is 247 cm³/mol. The van der Waals surface area contributed by atoms with Crippen molar-refractivity contribution in [2.75, 3.05) is 6.61 Å². The second-order valence-corrected chi connectivity index (χ2v) is 17.5. The van der Waals surface area contributed by atoms with Crippen LogP contribution >= 0.6 is 0 Å². The Kier molecular flexibility index (Phi) is 44.9. The molecule has 57 heavy (non-hydrogen) atoms. The van der Waals surface area contributed by atoms with Gasteiger partial charge in [-0.2, -0.15) is 0 Å². The summed E-state index contributed by atoms with van der Waals surface area (Å²) in [6.07, 6.45) is 53.7. The number of rotatable bonds is 46. The van der Waals surface area contributed by atoms with E-state index in [9.17, 15) is 25.2 Å². The molecule has 0 fully saturated rings. The molecular weight excluding hydrogens is 707 g/mol. The van der Waals surface area contributed by atoms with Crippen LogP contribution < -0.4 is 5.32 Å². The smallest absolute Gasteiger partial charge is 0.249 e. The highest BCUT2D eigenvalue weighted by Crippen LogP contribution is 2.16. The number of nitrogens with one attached hydrogen (secondary N) is 1. The van der Waals surface area contributed by atoms with Gasteiger partial charge in [0, 0.05) is 0 Å². The molecule has 0 bridgehead atoms. The lowest BCUT2D eigenvalue weighted by atomic mass is 10.00. The Labute approximate surface area is 354 Å². The van der Waals surface area contributed by atoms with E-state index in [1.807, 2.05) is 0 Å². The van der Waals surface area contributed by atoms with Crippen molar-refractivity contribution in [2.45, 2.75) is 289 Å². The molecule has 0 aliphatic rings. The molecular formula is C51H99NO5. The maximum absolute atomic E-state index is 12.5. The maximum atomic E-state index is 12.5. The fourth-order valence-corrected chi connectivity index (χ4v) is 7.87. The van der Waals surface area contributed by atoms with Gasteiger partial charge in [-0.1, -0.05) is 224 Å². The normalized spacial score (nSPS) is 14.1. The van der Waals surface area contributed by atoms with Crippen molar-refractivity contribution >= 4 is 5.91 Å². The van der Waals surface area contributed by atoms with Gasteiger partial charge in [-0.3, -0.25) is 4.79 Å². The third-order valence-electron chi connectivity index (χ3n) is 11.9. The molecule has 0 aliphatic heterocycles. The first-order chi connectivity index (χ1) is 28.0. The van der Waals surface area contributed by atoms with Gasteiger partial charge in [0.05, 0.1) is 18.8 Å². The predicted octanol–water partition coefficient (Wildman–Crippen LogP) is 13.9. The first-order valence-electron chi connectivity index (χ1n) is 25.2. The molecule has 5 N–H and O–H groups in total. The molecule has 4 atom stereocenters. The monoisotopic (exact) mass is 806 g/mol. The SMILES string of the molecule is CCCCCCCCCCCC/C=C/CCCC(O)C(O)C(CO)NC(=O)C(O)CCCCCCCCCCCC/C=C\CCCCCCCCCCCCCC. The second-order valence-electron chi connectivity index (χ2n) is 17.5. The van der Waals surface area contributed by atoms with Gasteiger partial charge in [-0.25, -0.2) is 0 Å². The summed E-state index contributed by atoms with van der Waals surface area (Å²) in [7, 11) is 0. The highest BCUT2D eigenvalue weighted by molar-refractivity contribution is 5.80. The van der Waals surface area contributed by atoms with Crippen LogP contribution in [0.1, 0.15) is 264 Å². The fraction of sp³-hybridized carbons (Fsp3) is 0.902. The van der Waals surface area contributed by atoms with Crippen LogP contribution in [0.15, 0.2) is 24.3 Å². The van der Waals surface area contributed by atoms with Crippen LogP contribution in [-0.4, -0.2) is 57.3 Å². The Balaban J connectivity index is 3.67. The number of hydrogen-bond acceptors (Lipinski definition) is 5. The summed E-state index contributed by atoms with van der Waals surface area (Å²) in [4.78, 5) is 12.5. The Bertz CT molecular complexity index is 863. The molecule has 4 unspecified atom stereocenters. The summed E-state index contributed by atoms with van der Waals surface area (Å²) < 4.78 is 0. The van der Waals surface area contributed by atoms with Crippen LogP contribution in [0.4, 0.5) is 0 Å². The zero-order valence-electron chi connectivity index (χ0n) is 38.1. The molecule has 0 aromatic heterocycles. The number of hydrogen-bond donors (Lipinski definition) is 5. The van der Waals surface area contributed by atoms with E-state index in [1.54, 1.807) is 0 Å². The molecule has 6 heteroatoms. The lowest BCUT2D eigenvalue weighted by molar-refractivity contribution is -0.132. The van der Waals surface area contributed by atoms with Crippen molar-refractivity contribution in [3.8, 4) is 0 Å². The lowest BCUT2D eigenvalue weighted by Crippen LogP contribution is -2.53. The van der Waals surface area contributed by atoms with Crippen molar-refractivity contribution in [1.29, 1.82) is 0 Å². The van der Waals surface area contributed by atoms with E-state index in [0.717, 1.165) is 38.5 Å². The third-order valence-corrected chi connectivity index (χ3v) is 11.9. The van der Waals surface area contributed by atoms with Gasteiger partial charge in [0.15, 0.2) is 0 Å². The summed E-state index contributed by atoms with van der Waals surface area (Å²) in [6.45, 7) is 4.05. The van der Waals surface area contributed by atoms with Gasteiger partial charge in [0.25, 0.3) is 0 Å². The van der Waals surface area contributed by atoms with Crippen molar-refractivity contribution in [3.05, 3.63) is 24.3 Å². The van der Waals surface area contributed by atoms with Crippen LogP contribution in [0.2, 0.25) is 0 Å². The molecule has 0 aliphatic carbocycles. The molecule has 0 saturated carbocycles. The Hall–Kier alpha value is -1.21. The van der Waals surface area contributed by atoms with Crippen LogP contribution in [0, 0.1) is 0 Å². The number of carbonyl (C=O) groups excluding carboxylic acids is 1. The summed E-state index contributed by atoms with van der Waals surface area (Å²) in [5, 5.41) is 43.8. The Morgan fingerprint density at radius 2 is 0.719 bits per heavy atom. The van der Waals surface area contributed by atoms with Crippen molar-refractivity contribution in [1.82, 2.24) is 5.32 Å². The van der Waals surface area contributed by atoms with Gasteiger partial charge in [0.2, 0.25) is 5.91 Å². The number of allylic oxidation sites excluding steroid dienone is 4. The maximum Gasteiger partial charge on any atom is 0.249 e. The number of carbonyl (C=O) groups is 1. The average molecular weight is 806 g/mol. The molecule has 0 heterocycles. The highest BCUT2D eigenvalue weighted by atomic mass is 16.3. The zero-order chi connectivity index (χ0) is 41.7. The van der Waals surface area contributed by atoms with Gasteiger partial charge in [0.1, 0.15) is 12.2 Å². The second kappa shape index (κ2) is 45.9. The minimum atomic E-state index is -1.28. The molecule has 0 radical (unpaired) electrons. The summed E-state index contributed by atoms with van der Waals surface area (Å²) in [6, 6.07) is -1.00. The van der Waals surface area contributed by atoms with Crippen LogP contribution in [0.25, 0.3) is 0 Å². The van der Waals surface area contributed by atoms with E-state index in [0.29, 0.717) is 12.8 Å². The van der Waals surface area contributed by atoms with Gasteiger partial charge >= 0.3 is 0 Å². The molecule has 0 saturated heterocycles. The molecule has 6 nitrogen and oxygen atoms in total. The van der Waals surface area contributed by atoms with E-state index < -0.39 is 36.9 Å². The van der Waals surface area contributed by atoms with Gasteiger partial charge in [-0.15, -0.1) is 0 Å². The minimum Gasteiger partial charge on any atom is -0.394 e. The van der Waals surface area contributed by atoms with Gasteiger partial charge in [-0.05, 0) is 64.2 Å². The molecule has 0 aromatic carbocycles. The van der Waals surface area contributed by atoms with Crippen LogP contribution in [0.5, 0.6) is 0 Å². The molecule has 0 rings (SSSR count). The van der Waals surface area contributed by atoms with Crippen LogP contribution in [-0.2, 0) is 4.79 Å². The van der Waals surface area contributed by atoms with Crippen molar-refractivity contribution in [3.63, 3.8) is 0 Å². The van der Waals surface area contributed by atoms with Crippen molar-refractivity contribution in [2.24, 2.45) is 0 Å². The van der Waals surface area contributed by atoms with Gasteiger partial charge < -0.3 is 25.7 Å². The summed E-state index contributed by atoms with van der Waals surface area (Å²) >= 11 is 0. The number of aliphatic hydroxyl groups excluding tert-OH is 4. The van der Waals surface area contributed by atoms with E-state index in [2.05, 4.69) is 43.5 Å². The average Bonchev–Trinajstić information content (AvgIpc) is 3.22. The molecule has 0 spiro atoms. The van der Waals surface area contributed by atoms with E-state index in [1.165, 1.54) is 199 Å². The number of amides is 1. The number of aliphatic hydroxyl groups is 4. The van der Waals surface area contributed by atoms with Crippen LogP contribution in [0.3, 0.4) is 0 Å². The first kappa shape index (κ1) is 55.8. The van der Waals surface area contributed by atoms with E-state index in [-0.39, 0.29) is 0 Å². The third kappa shape index (κ3) is 40.0. The Morgan fingerprint density at radius 1 is 0.421 bits per heavy atom. The largest absolute Gasteiger partial charge is 0.394 e. The fourth-order valence-electron chi connectivity index (χ4n) is 7.87. The molecule has 0 aromatic rings. The quantitative estimate of drug-likeness (QED) is 0.0311. The summed E-state index contributed by atoms with van der Waals surface area (Å²) in [5.74, 6) is -0.592. The topological polar surface area (TPSA) is 110 Å².